The number of nitrogens with zero attached hydrogens (tertiary/aromatic N) is 3. The summed E-state index contributed by atoms with van der Waals surface area (Å²) in [4.78, 5) is 6.85. The van der Waals surface area contributed by atoms with Gasteiger partial charge in [-0.1, -0.05) is 33.2 Å². The number of rotatable bonds is 3. The van der Waals surface area contributed by atoms with E-state index in [9.17, 15) is 0 Å². The summed E-state index contributed by atoms with van der Waals surface area (Å²) in [7, 11) is 0. The van der Waals surface area contributed by atoms with Gasteiger partial charge in [0.2, 0.25) is 11.7 Å². The Balaban J connectivity index is 1.73. The van der Waals surface area contributed by atoms with Gasteiger partial charge >= 0.3 is 0 Å². The van der Waals surface area contributed by atoms with Crippen molar-refractivity contribution in [1.29, 1.82) is 0 Å². The predicted molar refractivity (Wildman–Crippen MR) is 80.2 cm³/mol. The first-order valence-electron chi connectivity index (χ1n) is 6.75. The fourth-order valence-electron chi connectivity index (χ4n) is 2.36. The monoisotopic (exact) mass is 336 g/mol. The molecule has 5 nitrogen and oxygen atoms in total. The molecule has 2 aromatic rings. The Hall–Kier alpha value is -1.24. The van der Waals surface area contributed by atoms with Gasteiger partial charge < -0.3 is 9.84 Å². The molecule has 0 radical (unpaired) electrons. The summed E-state index contributed by atoms with van der Waals surface area (Å²) in [6, 6.07) is 8.40. The highest BCUT2D eigenvalue weighted by atomic mass is 79.9. The maximum absolute atomic E-state index is 5.37. The number of hydrogen-bond acceptors (Lipinski definition) is 5. The van der Waals surface area contributed by atoms with E-state index in [1.54, 1.807) is 0 Å². The molecule has 0 unspecified atom stereocenters. The second-order valence-electron chi connectivity index (χ2n) is 5.05. The van der Waals surface area contributed by atoms with Crippen LogP contribution in [0.2, 0.25) is 0 Å². The molecule has 1 aliphatic heterocycles. The minimum Gasteiger partial charge on any atom is -0.338 e. The molecule has 1 aliphatic rings. The quantitative estimate of drug-likeness (QED) is 0.931. The van der Waals surface area contributed by atoms with Gasteiger partial charge in [0.1, 0.15) is 0 Å². The highest BCUT2D eigenvalue weighted by Gasteiger charge is 2.20. The number of aromatic nitrogens is 2. The first-order valence-corrected chi connectivity index (χ1v) is 7.55. The molecule has 1 atom stereocenters. The van der Waals surface area contributed by atoms with E-state index in [1.807, 2.05) is 24.3 Å². The number of piperazine rings is 1. The molecule has 1 aromatic carbocycles. The zero-order valence-electron chi connectivity index (χ0n) is 11.3. The van der Waals surface area contributed by atoms with Crippen LogP contribution in [0.25, 0.3) is 11.4 Å². The third-order valence-corrected chi connectivity index (χ3v) is 4.02. The van der Waals surface area contributed by atoms with Crippen molar-refractivity contribution in [3.63, 3.8) is 0 Å². The Labute approximate surface area is 126 Å². The van der Waals surface area contributed by atoms with Crippen molar-refractivity contribution >= 4 is 15.9 Å². The van der Waals surface area contributed by atoms with E-state index in [1.165, 1.54) is 0 Å². The minimum atomic E-state index is 0.491. The molecule has 20 heavy (non-hydrogen) atoms. The Morgan fingerprint density at radius 2 is 2.40 bits per heavy atom. The number of nitrogens with one attached hydrogen (secondary N) is 1. The third kappa shape index (κ3) is 3.08. The Kier molecular flexibility index (Phi) is 4.14. The molecule has 0 aliphatic carbocycles. The van der Waals surface area contributed by atoms with Gasteiger partial charge in [-0.15, -0.1) is 0 Å². The largest absolute Gasteiger partial charge is 0.338 e. The van der Waals surface area contributed by atoms with Crippen LogP contribution in [0, 0.1) is 0 Å². The lowest BCUT2D eigenvalue weighted by Crippen LogP contribution is -2.49. The highest BCUT2D eigenvalue weighted by Crippen LogP contribution is 2.21. The van der Waals surface area contributed by atoms with Gasteiger partial charge in [0, 0.05) is 35.7 Å². The van der Waals surface area contributed by atoms with Crippen LogP contribution in [0.3, 0.4) is 0 Å². The maximum atomic E-state index is 5.37. The lowest BCUT2D eigenvalue weighted by atomic mass is 10.2. The minimum absolute atomic E-state index is 0.491. The van der Waals surface area contributed by atoms with E-state index in [2.05, 4.69) is 43.2 Å². The molecule has 0 amide bonds. The van der Waals surface area contributed by atoms with Crippen LogP contribution in [0.4, 0.5) is 0 Å². The zero-order chi connectivity index (χ0) is 13.9. The number of benzene rings is 1. The highest BCUT2D eigenvalue weighted by molar-refractivity contribution is 9.10. The van der Waals surface area contributed by atoms with Gasteiger partial charge in [-0.05, 0) is 19.1 Å². The van der Waals surface area contributed by atoms with Gasteiger partial charge in [0.05, 0.1) is 6.54 Å². The molecular formula is C14H17BrN4O. The Morgan fingerprint density at radius 1 is 1.50 bits per heavy atom. The summed E-state index contributed by atoms with van der Waals surface area (Å²) in [6.07, 6.45) is 0. The van der Waals surface area contributed by atoms with Crippen molar-refractivity contribution in [2.24, 2.45) is 0 Å². The van der Waals surface area contributed by atoms with Crippen LogP contribution >= 0.6 is 15.9 Å². The molecule has 1 saturated heterocycles. The van der Waals surface area contributed by atoms with Crippen LogP contribution in [0.5, 0.6) is 0 Å². The SMILES string of the molecule is C[C@H]1CNCCN1Cc1nc(-c2cccc(Br)c2)no1. The molecule has 0 saturated carbocycles. The predicted octanol–water partition coefficient (Wildman–Crippen LogP) is 2.29. The molecule has 3 rings (SSSR count). The van der Waals surface area contributed by atoms with Gasteiger partial charge in [-0.25, -0.2) is 0 Å². The van der Waals surface area contributed by atoms with Gasteiger partial charge in [0.25, 0.3) is 0 Å². The van der Waals surface area contributed by atoms with Gasteiger partial charge in [0.15, 0.2) is 0 Å². The van der Waals surface area contributed by atoms with Crippen LogP contribution in [0.1, 0.15) is 12.8 Å². The smallest absolute Gasteiger partial charge is 0.241 e. The second-order valence-corrected chi connectivity index (χ2v) is 5.96. The van der Waals surface area contributed by atoms with Crippen LogP contribution < -0.4 is 5.32 Å². The van der Waals surface area contributed by atoms with Crippen LogP contribution in [-0.4, -0.2) is 40.7 Å². The van der Waals surface area contributed by atoms with E-state index in [0.717, 1.165) is 29.7 Å². The van der Waals surface area contributed by atoms with Crippen molar-refractivity contribution in [1.82, 2.24) is 20.4 Å². The first kappa shape index (κ1) is 13.7. The Bertz CT molecular complexity index is 586. The van der Waals surface area contributed by atoms with Gasteiger partial charge in [-0.3, -0.25) is 4.90 Å². The molecule has 0 spiro atoms. The summed E-state index contributed by atoms with van der Waals surface area (Å²) in [5, 5.41) is 7.44. The van der Waals surface area contributed by atoms with E-state index in [0.29, 0.717) is 24.3 Å². The van der Waals surface area contributed by atoms with E-state index >= 15 is 0 Å². The normalized spacial score (nSPS) is 20.2. The summed E-state index contributed by atoms with van der Waals surface area (Å²) in [6.45, 7) is 5.95. The molecule has 0 bridgehead atoms. The molecule has 2 heterocycles. The zero-order valence-corrected chi connectivity index (χ0v) is 12.9. The lowest BCUT2D eigenvalue weighted by molar-refractivity contribution is 0.146. The average molecular weight is 337 g/mol. The third-order valence-electron chi connectivity index (χ3n) is 3.53. The van der Waals surface area contributed by atoms with Crippen molar-refractivity contribution in [2.45, 2.75) is 19.5 Å². The van der Waals surface area contributed by atoms with E-state index in [4.69, 9.17) is 4.52 Å². The Morgan fingerprint density at radius 3 is 3.20 bits per heavy atom. The van der Waals surface area contributed by atoms with E-state index in [-0.39, 0.29) is 0 Å². The summed E-state index contributed by atoms with van der Waals surface area (Å²) >= 11 is 3.45. The molecule has 1 N–H and O–H groups in total. The molecular weight excluding hydrogens is 320 g/mol. The topological polar surface area (TPSA) is 54.2 Å². The molecule has 106 valence electrons. The number of hydrogen-bond donors (Lipinski definition) is 1. The fraction of sp³-hybridized carbons (Fsp3) is 0.429. The fourth-order valence-corrected chi connectivity index (χ4v) is 2.75. The summed E-state index contributed by atoms with van der Waals surface area (Å²) in [5.41, 5.74) is 0.961. The summed E-state index contributed by atoms with van der Waals surface area (Å²) in [5.74, 6) is 1.32. The lowest BCUT2D eigenvalue weighted by Gasteiger charge is -2.32. The first-order chi connectivity index (χ1) is 9.72. The average Bonchev–Trinajstić information content (AvgIpc) is 2.90. The van der Waals surface area contributed by atoms with Crippen molar-refractivity contribution in [2.75, 3.05) is 19.6 Å². The molecule has 1 aromatic heterocycles. The standard InChI is InChI=1S/C14H17BrN4O/c1-10-8-16-5-6-19(10)9-13-17-14(18-20-13)11-3-2-4-12(15)7-11/h2-4,7,10,16H,5-6,8-9H2,1H3/t10-/m0/s1. The van der Waals surface area contributed by atoms with Gasteiger partial charge in [-0.2, -0.15) is 4.98 Å². The number of halogens is 1. The van der Waals surface area contributed by atoms with E-state index < -0.39 is 0 Å². The van der Waals surface area contributed by atoms with Crippen molar-refractivity contribution in [3.05, 3.63) is 34.6 Å². The maximum Gasteiger partial charge on any atom is 0.241 e. The molecule has 1 fully saturated rings. The van der Waals surface area contributed by atoms with Crippen molar-refractivity contribution in [3.8, 4) is 11.4 Å². The molecule has 6 heteroatoms. The van der Waals surface area contributed by atoms with Crippen molar-refractivity contribution < 1.29 is 4.52 Å². The van der Waals surface area contributed by atoms with Crippen LogP contribution in [-0.2, 0) is 6.54 Å². The summed E-state index contributed by atoms with van der Waals surface area (Å²) < 4.78 is 6.38. The van der Waals surface area contributed by atoms with Crippen LogP contribution in [0.15, 0.2) is 33.3 Å². The second kappa shape index (κ2) is 6.03.